The molecule has 20 heavy (non-hydrogen) atoms. The third kappa shape index (κ3) is 2.39. The number of aliphatic hydroxyl groups is 1. The molecule has 1 fully saturated rings. The minimum Gasteiger partial charge on any atom is -0.388 e. The molecule has 1 unspecified atom stereocenters. The van der Waals surface area contributed by atoms with Crippen LogP contribution in [0.3, 0.4) is 0 Å². The molecule has 3 rings (SSSR count). The molecule has 3 heteroatoms. The molecule has 0 spiro atoms. The van der Waals surface area contributed by atoms with Crippen molar-refractivity contribution in [1.29, 1.82) is 0 Å². The molecular formula is C17H23NOS. The lowest BCUT2D eigenvalue weighted by Gasteiger charge is -2.36. The van der Waals surface area contributed by atoms with Gasteiger partial charge in [-0.05, 0) is 35.2 Å². The van der Waals surface area contributed by atoms with Gasteiger partial charge in [-0.15, -0.1) is 11.3 Å². The molecule has 0 bridgehead atoms. The molecule has 0 saturated heterocycles. The molecule has 1 aromatic heterocycles. The van der Waals surface area contributed by atoms with Gasteiger partial charge in [0.15, 0.2) is 0 Å². The Kier molecular flexibility index (Phi) is 4.11. The van der Waals surface area contributed by atoms with Crippen molar-refractivity contribution < 1.29 is 5.11 Å². The molecule has 1 aliphatic carbocycles. The summed E-state index contributed by atoms with van der Waals surface area (Å²) in [5.74, 6) is 0. The van der Waals surface area contributed by atoms with Gasteiger partial charge in [0, 0.05) is 16.7 Å². The van der Waals surface area contributed by atoms with Crippen LogP contribution in [0, 0.1) is 5.41 Å². The number of hydrogen-bond donors (Lipinski definition) is 2. The number of benzene rings is 1. The van der Waals surface area contributed by atoms with Crippen LogP contribution in [0.25, 0.3) is 10.1 Å². The van der Waals surface area contributed by atoms with Gasteiger partial charge in [0.1, 0.15) is 0 Å². The number of aliphatic hydroxyl groups excluding tert-OH is 1. The van der Waals surface area contributed by atoms with Crippen LogP contribution in [-0.4, -0.2) is 11.7 Å². The van der Waals surface area contributed by atoms with Gasteiger partial charge in [-0.3, -0.25) is 0 Å². The van der Waals surface area contributed by atoms with Gasteiger partial charge in [0.05, 0.1) is 6.10 Å². The summed E-state index contributed by atoms with van der Waals surface area (Å²) >= 11 is 1.72. The van der Waals surface area contributed by atoms with Gasteiger partial charge in [-0.1, -0.05) is 43.9 Å². The van der Waals surface area contributed by atoms with E-state index < -0.39 is 6.10 Å². The maximum Gasteiger partial charge on any atom is 0.0872 e. The van der Waals surface area contributed by atoms with Crippen molar-refractivity contribution in [2.75, 3.05) is 6.54 Å². The van der Waals surface area contributed by atoms with E-state index >= 15 is 0 Å². The quantitative estimate of drug-likeness (QED) is 0.830. The first kappa shape index (κ1) is 14.1. The summed E-state index contributed by atoms with van der Waals surface area (Å²) in [4.78, 5) is 0. The summed E-state index contributed by atoms with van der Waals surface area (Å²) in [5.41, 5.74) is 7.06. The maximum atomic E-state index is 11.0. The van der Waals surface area contributed by atoms with E-state index in [0.29, 0.717) is 6.54 Å². The summed E-state index contributed by atoms with van der Waals surface area (Å²) in [7, 11) is 0. The highest BCUT2D eigenvalue weighted by atomic mass is 32.1. The Morgan fingerprint density at radius 2 is 1.85 bits per heavy atom. The van der Waals surface area contributed by atoms with Gasteiger partial charge < -0.3 is 10.8 Å². The first-order chi connectivity index (χ1) is 9.77. The monoisotopic (exact) mass is 289 g/mol. The molecule has 1 aliphatic rings. The zero-order valence-corrected chi connectivity index (χ0v) is 12.7. The number of rotatable bonds is 3. The van der Waals surface area contributed by atoms with Crippen LogP contribution in [0.4, 0.5) is 0 Å². The highest BCUT2D eigenvalue weighted by Gasteiger charge is 2.38. The summed E-state index contributed by atoms with van der Waals surface area (Å²) in [6.07, 6.45) is 6.61. The van der Waals surface area contributed by atoms with Crippen LogP contribution in [0.1, 0.15) is 50.2 Å². The van der Waals surface area contributed by atoms with E-state index in [1.807, 2.05) is 6.07 Å². The zero-order chi connectivity index (χ0) is 14.0. The molecule has 0 aliphatic heterocycles. The molecule has 1 atom stereocenters. The number of hydrogen-bond acceptors (Lipinski definition) is 3. The summed E-state index contributed by atoms with van der Waals surface area (Å²) in [6.45, 7) is 0.582. The normalized spacial score (nSPS) is 20.7. The van der Waals surface area contributed by atoms with Gasteiger partial charge in [0.25, 0.3) is 0 Å². The van der Waals surface area contributed by atoms with Crippen molar-refractivity contribution >= 4 is 21.4 Å². The highest BCUT2D eigenvalue weighted by molar-refractivity contribution is 7.17. The lowest BCUT2D eigenvalue weighted by Crippen LogP contribution is -2.36. The number of fused-ring (bicyclic) bond motifs is 1. The van der Waals surface area contributed by atoms with E-state index in [0.717, 1.165) is 18.4 Å². The Labute approximate surface area is 124 Å². The molecule has 0 radical (unpaired) electrons. The first-order valence-electron chi connectivity index (χ1n) is 7.61. The highest BCUT2D eigenvalue weighted by Crippen LogP contribution is 2.46. The molecule has 108 valence electrons. The van der Waals surface area contributed by atoms with Gasteiger partial charge in [0.2, 0.25) is 0 Å². The Balaban J connectivity index is 1.98. The van der Waals surface area contributed by atoms with Gasteiger partial charge in [-0.25, -0.2) is 0 Å². The van der Waals surface area contributed by atoms with E-state index in [-0.39, 0.29) is 5.41 Å². The van der Waals surface area contributed by atoms with Crippen LogP contribution < -0.4 is 5.73 Å². The van der Waals surface area contributed by atoms with Crippen molar-refractivity contribution in [1.82, 2.24) is 0 Å². The minimum absolute atomic E-state index is 0.125. The Hall–Kier alpha value is -0.900. The summed E-state index contributed by atoms with van der Waals surface area (Å²) in [5, 5.41) is 14.4. The molecule has 2 aromatic rings. The molecular weight excluding hydrogens is 266 g/mol. The Bertz CT molecular complexity index is 569. The second-order valence-corrected chi connectivity index (χ2v) is 6.98. The van der Waals surface area contributed by atoms with Crippen molar-refractivity contribution in [3.63, 3.8) is 0 Å². The van der Waals surface area contributed by atoms with Crippen LogP contribution in [-0.2, 0) is 0 Å². The first-order valence-corrected chi connectivity index (χ1v) is 8.49. The maximum absolute atomic E-state index is 11.0. The van der Waals surface area contributed by atoms with Crippen molar-refractivity contribution in [2.45, 2.75) is 44.6 Å². The molecule has 0 amide bonds. The van der Waals surface area contributed by atoms with Gasteiger partial charge in [-0.2, -0.15) is 0 Å². The SMILES string of the molecule is NCC1(C(O)c2csc3ccccc23)CCCCCC1. The smallest absolute Gasteiger partial charge is 0.0872 e. The van der Waals surface area contributed by atoms with Crippen molar-refractivity contribution in [2.24, 2.45) is 11.1 Å². The van der Waals surface area contributed by atoms with Crippen molar-refractivity contribution in [3.8, 4) is 0 Å². The lowest BCUT2D eigenvalue weighted by atomic mass is 9.73. The molecule has 2 nitrogen and oxygen atoms in total. The lowest BCUT2D eigenvalue weighted by molar-refractivity contribution is 0.0180. The average molecular weight is 289 g/mol. The minimum atomic E-state index is -0.429. The molecule has 1 aromatic carbocycles. The summed E-state index contributed by atoms with van der Waals surface area (Å²) < 4.78 is 1.25. The second-order valence-electron chi connectivity index (χ2n) is 6.07. The third-order valence-corrected chi connectivity index (χ3v) is 5.87. The summed E-state index contributed by atoms with van der Waals surface area (Å²) in [6, 6.07) is 8.34. The van der Waals surface area contributed by atoms with E-state index in [2.05, 4.69) is 23.6 Å². The number of nitrogens with two attached hydrogens (primary N) is 1. The fourth-order valence-electron chi connectivity index (χ4n) is 3.56. The van der Waals surface area contributed by atoms with E-state index in [4.69, 9.17) is 5.73 Å². The standard InChI is InChI=1S/C17H23NOS/c18-12-17(9-5-1-2-6-10-17)16(19)14-11-20-15-8-4-3-7-13(14)15/h3-4,7-8,11,16,19H,1-2,5-6,9-10,12,18H2. The van der Waals surface area contributed by atoms with Crippen LogP contribution in [0.5, 0.6) is 0 Å². The molecule has 3 N–H and O–H groups in total. The second kappa shape index (κ2) is 5.84. The van der Waals surface area contributed by atoms with Crippen LogP contribution in [0.15, 0.2) is 29.6 Å². The predicted octanol–water partition coefficient (Wildman–Crippen LogP) is 4.23. The fraction of sp³-hybridized carbons (Fsp3) is 0.529. The Morgan fingerprint density at radius 1 is 1.15 bits per heavy atom. The fourth-order valence-corrected chi connectivity index (χ4v) is 4.54. The zero-order valence-electron chi connectivity index (χ0n) is 11.8. The number of thiophene rings is 1. The Morgan fingerprint density at radius 3 is 2.55 bits per heavy atom. The van der Waals surface area contributed by atoms with Gasteiger partial charge >= 0.3 is 0 Å². The third-order valence-electron chi connectivity index (χ3n) is 4.89. The largest absolute Gasteiger partial charge is 0.388 e. The predicted molar refractivity (Wildman–Crippen MR) is 86.0 cm³/mol. The average Bonchev–Trinajstić information content (AvgIpc) is 2.76. The molecule has 1 heterocycles. The van der Waals surface area contributed by atoms with E-state index in [1.165, 1.54) is 35.8 Å². The van der Waals surface area contributed by atoms with Crippen molar-refractivity contribution in [3.05, 3.63) is 35.2 Å². The van der Waals surface area contributed by atoms with Crippen LogP contribution in [0.2, 0.25) is 0 Å². The van der Waals surface area contributed by atoms with E-state index in [9.17, 15) is 5.11 Å². The van der Waals surface area contributed by atoms with Crippen LogP contribution >= 0.6 is 11.3 Å². The molecule has 1 saturated carbocycles. The van der Waals surface area contributed by atoms with E-state index in [1.54, 1.807) is 11.3 Å². The topological polar surface area (TPSA) is 46.2 Å².